The normalized spacial score (nSPS) is 17.1. The third-order valence-electron chi connectivity index (χ3n) is 13.9. The number of benzene rings is 7. The largest absolute Gasteiger partial charge is 0.514 e. The minimum absolute atomic E-state index is 0.0485. The second kappa shape index (κ2) is 30.0. The first-order chi connectivity index (χ1) is 39.7. The Morgan fingerprint density at radius 1 is 0.537 bits per heavy atom. The summed E-state index contributed by atoms with van der Waals surface area (Å²) in [7, 11) is 0. The Hall–Kier alpha value is -6.78. The van der Waals surface area contributed by atoms with Crippen molar-refractivity contribution in [2.75, 3.05) is 86.8 Å². The summed E-state index contributed by atoms with van der Waals surface area (Å²) in [5.41, 5.74) is 7.29. The van der Waals surface area contributed by atoms with Crippen LogP contribution in [-0.4, -0.2) is 104 Å². The standard InChI is InChI=1S/C24H24Cl2N2O5.C23H22Cl2N2O.C16H16Cl2N2O/c1-3-13-31-23(29)27-11-12-28(22(16-27)17-5-7-18(25)8-6-17)21-10-9-19(15-20(21)26)33-24(30)32-14-4-2;24-19-8-6-18(7-9-19)23-16-26(15-17-4-2-1-3-5-17)12-13-27(23)22-11-10-20(28)14-21(22)25;17-12-3-1-11(2-4-12)16-10-19-7-8-20(16)15-6-5-13(21)9-14(15)18/h3-10,15,22H,1-2,11-14,16H2;1-11,14,23,28H,12-13,15-16H2;1-6,9,16,19,21H,7-8,10H2/t22-;23-;16-/m000/s1. The van der Waals surface area contributed by atoms with E-state index in [0.29, 0.717) is 39.7 Å². The SMILES string of the molecule is C=CCOC(=O)Oc1ccc(N2CCN(C(=O)OCC=C)C[C@H]2c2ccc(Cl)cc2)c(Cl)c1.Oc1ccc(N2CCN(Cc3ccccc3)C[C@H]2c2ccc(Cl)cc2)c(Cl)c1.Oc1ccc(N2CCNC[C@H]2c2ccc(Cl)cc2)c(Cl)c1. The van der Waals surface area contributed by atoms with Gasteiger partial charge < -0.3 is 49.3 Å². The monoisotopic (exact) mass is 1220 g/mol. The number of phenols is 2. The molecule has 428 valence electrons. The summed E-state index contributed by atoms with van der Waals surface area (Å²) in [4.78, 5) is 35.0. The van der Waals surface area contributed by atoms with Gasteiger partial charge in [0, 0.05) is 98.7 Å². The summed E-state index contributed by atoms with van der Waals surface area (Å²) < 4.78 is 15.2. The molecule has 1 amide bonds. The second-order valence-electron chi connectivity index (χ2n) is 19.4. The average Bonchev–Trinajstić information content (AvgIpc) is 3.56. The highest BCUT2D eigenvalue weighted by atomic mass is 35.5. The van der Waals surface area contributed by atoms with Crippen molar-refractivity contribution in [3.8, 4) is 17.2 Å². The summed E-state index contributed by atoms with van der Waals surface area (Å²) in [5.74, 6) is 0.619. The summed E-state index contributed by atoms with van der Waals surface area (Å²) in [6.45, 7) is 14.8. The zero-order valence-corrected chi connectivity index (χ0v) is 49.3. The van der Waals surface area contributed by atoms with Crippen molar-refractivity contribution < 1.29 is 34.0 Å². The lowest BCUT2D eigenvalue weighted by Gasteiger charge is -2.43. The van der Waals surface area contributed by atoms with Crippen LogP contribution in [0.4, 0.5) is 26.7 Å². The van der Waals surface area contributed by atoms with Gasteiger partial charge in [-0.05, 0) is 95.1 Å². The molecule has 3 atom stereocenters. The van der Waals surface area contributed by atoms with Crippen LogP contribution in [0.2, 0.25) is 30.1 Å². The second-order valence-corrected chi connectivity index (χ2v) is 21.9. The Morgan fingerprint density at radius 3 is 1.54 bits per heavy atom. The average molecular weight is 1230 g/mol. The fourth-order valence-electron chi connectivity index (χ4n) is 9.98. The van der Waals surface area contributed by atoms with Gasteiger partial charge in [-0.1, -0.05) is 162 Å². The number of carbonyl (C=O) groups is 2. The van der Waals surface area contributed by atoms with Crippen molar-refractivity contribution in [1.29, 1.82) is 0 Å². The smallest absolute Gasteiger partial charge is 0.508 e. The molecule has 7 aromatic rings. The third-order valence-corrected chi connectivity index (χ3v) is 15.6. The Bertz CT molecular complexity index is 3250. The molecule has 0 unspecified atom stereocenters. The fraction of sp³-hybridized carbons (Fsp3) is 0.238. The maximum atomic E-state index is 12.4. The van der Waals surface area contributed by atoms with Crippen LogP contribution < -0.4 is 24.8 Å². The number of hydrogen-bond acceptors (Lipinski definition) is 12. The predicted molar refractivity (Wildman–Crippen MR) is 332 cm³/mol. The topological polar surface area (TPSA) is 131 Å². The van der Waals surface area contributed by atoms with Gasteiger partial charge in [0.05, 0.1) is 50.3 Å². The molecule has 13 nitrogen and oxygen atoms in total. The molecule has 0 radical (unpaired) electrons. The van der Waals surface area contributed by atoms with Gasteiger partial charge >= 0.3 is 12.2 Å². The maximum Gasteiger partial charge on any atom is 0.514 e. The van der Waals surface area contributed by atoms with Gasteiger partial charge in [-0.3, -0.25) is 4.90 Å². The Labute approximate surface area is 508 Å². The van der Waals surface area contributed by atoms with Crippen LogP contribution in [-0.2, 0) is 16.0 Å². The number of amides is 1. The molecule has 3 heterocycles. The molecule has 7 aromatic carbocycles. The molecule has 19 heteroatoms. The van der Waals surface area contributed by atoms with Crippen LogP contribution in [0.15, 0.2) is 183 Å². The molecule has 0 saturated carbocycles. The van der Waals surface area contributed by atoms with Crippen LogP contribution in [0, 0.1) is 0 Å². The van der Waals surface area contributed by atoms with E-state index in [1.165, 1.54) is 28.8 Å². The summed E-state index contributed by atoms with van der Waals surface area (Å²) in [6, 6.07) is 49.3. The molecule has 0 aliphatic carbocycles. The van der Waals surface area contributed by atoms with E-state index in [1.807, 2.05) is 66.7 Å². The van der Waals surface area contributed by atoms with Gasteiger partial charge in [0.25, 0.3) is 0 Å². The van der Waals surface area contributed by atoms with E-state index in [-0.39, 0.29) is 48.6 Å². The van der Waals surface area contributed by atoms with Crippen molar-refractivity contribution in [3.05, 3.63) is 235 Å². The lowest BCUT2D eigenvalue weighted by atomic mass is 10.0. The van der Waals surface area contributed by atoms with Crippen molar-refractivity contribution in [2.24, 2.45) is 0 Å². The Balaban J connectivity index is 0.000000165. The molecular weight excluding hydrogens is 1170 g/mol. The van der Waals surface area contributed by atoms with E-state index in [9.17, 15) is 19.8 Å². The van der Waals surface area contributed by atoms with Gasteiger partial charge in [-0.2, -0.15) is 0 Å². The van der Waals surface area contributed by atoms with Crippen LogP contribution in [0.5, 0.6) is 17.2 Å². The van der Waals surface area contributed by atoms with Crippen molar-refractivity contribution >= 4 is 98.9 Å². The van der Waals surface area contributed by atoms with Gasteiger partial charge in [-0.25, -0.2) is 9.59 Å². The van der Waals surface area contributed by atoms with Crippen LogP contribution in [0.1, 0.15) is 40.4 Å². The van der Waals surface area contributed by atoms with E-state index in [1.54, 1.807) is 59.5 Å². The van der Waals surface area contributed by atoms with Gasteiger partial charge in [0.1, 0.15) is 30.5 Å². The predicted octanol–water partition coefficient (Wildman–Crippen LogP) is 15.5. The number of piperazine rings is 3. The quantitative estimate of drug-likeness (QED) is 0.0577. The van der Waals surface area contributed by atoms with Crippen LogP contribution in [0.3, 0.4) is 0 Å². The molecule has 10 rings (SSSR count). The lowest BCUT2D eigenvalue weighted by Crippen LogP contribution is -2.50. The molecule has 3 aliphatic rings. The zero-order valence-electron chi connectivity index (χ0n) is 44.7. The number of hydrogen-bond donors (Lipinski definition) is 3. The molecular formula is C63H62Cl6N6O7. The number of phenolic OH excluding ortho intramolecular Hbond substituents is 2. The molecule has 3 aliphatic heterocycles. The zero-order chi connectivity index (χ0) is 58.1. The number of aromatic hydroxyl groups is 2. The first kappa shape index (κ1) is 61.3. The van der Waals surface area contributed by atoms with Gasteiger partial charge in [0.15, 0.2) is 0 Å². The molecule has 82 heavy (non-hydrogen) atoms. The van der Waals surface area contributed by atoms with Crippen LogP contribution >= 0.6 is 69.6 Å². The highest BCUT2D eigenvalue weighted by molar-refractivity contribution is 6.34. The lowest BCUT2D eigenvalue weighted by molar-refractivity contribution is 0.104. The number of rotatable bonds is 13. The van der Waals surface area contributed by atoms with Crippen molar-refractivity contribution in [3.63, 3.8) is 0 Å². The minimum atomic E-state index is -0.843. The number of anilines is 3. The molecule has 0 bridgehead atoms. The number of carbonyl (C=O) groups excluding carboxylic acids is 2. The number of ether oxygens (including phenoxy) is 3. The van der Waals surface area contributed by atoms with Gasteiger partial charge in [0.2, 0.25) is 0 Å². The summed E-state index contributed by atoms with van der Waals surface area (Å²) in [6.07, 6.45) is 1.73. The molecule has 3 saturated heterocycles. The first-order valence-electron chi connectivity index (χ1n) is 26.5. The Kier molecular flexibility index (Phi) is 22.4. The molecule has 0 aromatic heterocycles. The van der Waals surface area contributed by atoms with E-state index in [0.717, 1.165) is 78.5 Å². The molecule has 3 N–H and O–H groups in total. The number of halogens is 6. The fourth-order valence-corrected chi connectivity index (χ4v) is 11.2. The highest BCUT2D eigenvalue weighted by Crippen LogP contribution is 2.40. The van der Waals surface area contributed by atoms with E-state index < -0.39 is 12.2 Å². The molecule has 0 spiro atoms. The van der Waals surface area contributed by atoms with Gasteiger partial charge in [-0.15, -0.1) is 0 Å². The number of nitrogens with one attached hydrogen (secondary N) is 1. The van der Waals surface area contributed by atoms with E-state index in [4.69, 9.17) is 83.8 Å². The van der Waals surface area contributed by atoms with E-state index >= 15 is 0 Å². The summed E-state index contributed by atoms with van der Waals surface area (Å²) >= 11 is 37.5. The summed E-state index contributed by atoms with van der Waals surface area (Å²) in [5, 5.41) is 26.3. The van der Waals surface area contributed by atoms with Crippen molar-refractivity contribution in [1.82, 2.24) is 15.1 Å². The minimum Gasteiger partial charge on any atom is -0.508 e. The van der Waals surface area contributed by atoms with Crippen molar-refractivity contribution in [2.45, 2.75) is 24.7 Å². The van der Waals surface area contributed by atoms with Crippen LogP contribution in [0.25, 0.3) is 0 Å². The molecule has 3 fully saturated rings. The third kappa shape index (κ3) is 16.7. The highest BCUT2D eigenvalue weighted by Gasteiger charge is 2.34. The number of nitrogens with zero attached hydrogens (tertiary/aromatic N) is 5. The Morgan fingerprint density at radius 2 is 1.01 bits per heavy atom. The maximum absolute atomic E-state index is 12.4. The van der Waals surface area contributed by atoms with E-state index in [2.05, 4.69) is 74.5 Å². The first-order valence-corrected chi connectivity index (χ1v) is 28.7.